The highest BCUT2D eigenvalue weighted by Crippen LogP contribution is 2.50. The van der Waals surface area contributed by atoms with Crippen LogP contribution in [0.5, 0.6) is 0 Å². The summed E-state index contributed by atoms with van der Waals surface area (Å²) < 4.78 is 38.3. The molecule has 0 unspecified atom stereocenters. The van der Waals surface area contributed by atoms with Gasteiger partial charge in [0.25, 0.3) is 0 Å². The summed E-state index contributed by atoms with van der Waals surface area (Å²) in [5.41, 5.74) is -0.349. The lowest BCUT2D eigenvalue weighted by molar-refractivity contribution is -0.123. The minimum atomic E-state index is -0.998. The summed E-state index contributed by atoms with van der Waals surface area (Å²) in [6, 6.07) is 3.28. The average Bonchev–Trinajstić information content (AvgIpc) is 3.12. The van der Waals surface area contributed by atoms with Crippen LogP contribution in [0.3, 0.4) is 0 Å². The van der Waals surface area contributed by atoms with Crippen LogP contribution in [-0.4, -0.2) is 19.6 Å². The molecule has 0 heterocycles. The molecule has 0 radical (unpaired) electrons. The minimum absolute atomic E-state index is 0.194. The summed E-state index contributed by atoms with van der Waals surface area (Å²) in [7, 11) is 1.49. The lowest BCUT2D eigenvalue weighted by Gasteiger charge is -2.23. The number of nitrogens with zero attached hydrogens (tertiary/aromatic N) is 1. The van der Waals surface area contributed by atoms with Crippen molar-refractivity contribution in [3.63, 3.8) is 0 Å². The van der Waals surface area contributed by atoms with Gasteiger partial charge >= 0.3 is 0 Å². The van der Waals surface area contributed by atoms with E-state index in [1.165, 1.54) is 18.0 Å². The summed E-state index contributed by atoms with van der Waals surface area (Å²) >= 11 is 0. The average molecular weight is 257 g/mol. The van der Waals surface area contributed by atoms with E-state index in [1.807, 2.05) is 0 Å². The van der Waals surface area contributed by atoms with Gasteiger partial charge in [0, 0.05) is 18.8 Å². The monoisotopic (exact) mass is 257 g/mol. The molecule has 2 rings (SSSR count). The number of amides is 1. The number of hydrogen-bond donors (Lipinski definition) is 0. The first-order valence-electron chi connectivity index (χ1n) is 5.79. The molecule has 0 bridgehead atoms. The van der Waals surface area contributed by atoms with Crippen molar-refractivity contribution in [3.8, 4) is 0 Å². The van der Waals surface area contributed by atoms with Crippen LogP contribution in [0.25, 0.3) is 0 Å². The van der Waals surface area contributed by atoms with E-state index in [9.17, 15) is 18.0 Å². The molecule has 1 fully saturated rings. The summed E-state index contributed by atoms with van der Waals surface area (Å²) in [5, 5.41) is 0. The Labute approximate surface area is 103 Å². The first-order valence-corrected chi connectivity index (χ1v) is 5.79. The molecule has 0 saturated heterocycles. The van der Waals surface area contributed by atoms with Gasteiger partial charge in [0.05, 0.1) is 12.1 Å². The number of rotatable bonds is 4. The number of anilines is 1. The zero-order chi connectivity index (χ0) is 13.3. The maximum absolute atomic E-state index is 13.1. The first kappa shape index (κ1) is 12.9. The third kappa shape index (κ3) is 2.21. The molecule has 0 aromatic heterocycles. The molecule has 5 heteroatoms. The Morgan fingerprint density at radius 1 is 1.33 bits per heavy atom. The van der Waals surface area contributed by atoms with Gasteiger partial charge in [-0.05, 0) is 31.4 Å². The molecule has 1 amide bonds. The molecule has 1 aliphatic carbocycles. The summed E-state index contributed by atoms with van der Waals surface area (Å²) in [6.07, 6.45) is 1.51. The maximum Gasteiger partial charge on any atom is 0.233 e. The van der Waals surface area contributed by atoms with Crippen LogP contribution in [0.2, 0.25) is 0 Å². The van der Waals surface area contributed by atoms with Crippen LogP contribution < -0.4 is 4.90 Å². The Kier molecular flexibility index (Phi) is 3.32. The number of carbonyl (C=O) groups is 1. The molecule has 2 nitrogen and oxygen atoms in total. The second-order valence-corrected chi connectivity index (χ2v) is 4.68. The van der Waals surface area contributed by atoms with E-state index in [1.54, 1.807) is 0 Å². The van der Waals surface area contributed by atoms with Gasteiger partial charge in [-0.1, -0.05) is 0 Å². The highest BCUT2D eigenvalue weighted by molar-refractivity contribution is 5.98. The predicted octanol–water partition coefficient (Wildman–Crippen LogP) is 3.07. The smallest absolute Gasteiger partial charge is 0.233 e. The molecule has 0 spiro atoms. The van der Waals surface area contributed by atoms with Gasteiger partial charge in [-0.25, -0.2) is 8.78 Å². The lowest BCUT2D eigenvalue weighted by atomic mass is 10.0. The molecule has 1 aromatic rings. The van der Waals surface area contributed by atoms with Crippen LogP contribution in [0.15, 0.2) is 18.2 Å². The molecular weight excluding hydrogens is 243 g/mol. The minimum Gasteiger partial charge on any atom is -0.315 e. The predicted molar refractivity (Wildman–Crippen MR) is 62.0 cm³/mol. The molecule has 98 valence electrons. The van der Waals surface area contributed by atoms with E-state index in [2.05, 4.69) is 0 Å². The van der Waals surface area contributed by atoms with Crippen molar-refractivity contribution >= 4 is 11.6 Å². The number of halogens is 3. The number of hydrogen-bond acceptors (Lipinski definition) is 1. The van der Waals surface area contributed by atoms with Crippen LogP contribution in [0.1, 0.15) is 19.3 Å². The summed E-state index contributed by atoms with van der Waals surface area (Å²) in [5.74, 6) is -2.18. The zero-order valence-corrected chi connectivity index (χ0v) is 10.0. The second-order valence-electron chi connectivity index (χ2n) is 4.68. The van der Waals surface area contributed by atoms with E-state index < -0.39 is 23.7 Å². The lowest BCUT2D eigenvalue weighted by Crippen LogP contribution is -2.34. The fourth-order valence-corrected chi connectivity index (χ4v) is 2.07. The van der Waals surface area contributed by atoms with E-state index >= 15 is 0 Å². The number of benzene rings is 1. The third-order valence-corrected chi connectivity index (χ3v) is 3.48. The van der Waals surface area contributed by atoms with Gasteiger partial charge in [-0.3, -0.25) is 9.18 Å². The highest BCUT2D eigenvalue weighted by Gasteiger charge is 2.50. The molecule has 1 aromatic carbocycles. The molecule has 1 saturated carbocycles. The SMILES string of the molecule is CN(C(=O)C1(CCF)CC1)c1ccc(F)c(F)c1. The van der Waals surface area contributed by atoms with Crippen LogP contribution in [0.4, 0.5) is 18.9 Å². The molecular formula is C13H14F3NO. The molecule has 0 atom stereocenters. The van der Waals surface area contributed by atoms with Crippen molar-refractivity contribution in [1.82, 2.24) is 0 Å². The standard InChI is InChI=1S/C13H14F3NO/c1-17(9-2-3-10(15)11(16)8-9)12(18)13(4-5-13)6-7-14/h2-3,8H,4-7H2,1H3. The fraction of sp³-hybridized carbons (Fsp3) is 0.462. The van der Waals surface area contributed by atoms with Crippen molar-refractivity contribution in [3.05, 3.63) is 29.8 Å². The fourth-order valence-electron chi connectivity index (χ4n) is 2.07. The van der Waals surface area contributed by atoms with Crippen molar-refractivity contribution in [1.29, 1.82) is 0 Å². The van der Waals surface area contributed by atoms with E-state index in [4.69, 9.17) is 0 Å². The van der Waals surface area contributed by atoms with Gasteiger partial charge in [0.2, 0.25) is 5.91 Å². The van der Waals surface area contributed by atoms with Gasteiger partial charge < -0.3 is 4.90 Å². The Morgan fingerprint density at radius 2 is 2.00 bits per heavy atom. The normalized spacial score (nSPS) is 16.4. The maximum atomic E-state index is 13.1. The second kappa shape index (κ2) is 4.63. The largest absolute Gasteiger partial charge is 0.315 e. The van der Waals surface area contributed by atoms with Crippen LogP contribution in [-0.2, 0) is 4.79 Å². The molecule has 0 N–H and O–H groups in total. The van der Waals surface area contributed by atoms with Crippen molar-refractivity contribution in [2.45, 2.75) is 19.3 Å². The van der Waals surface area contributed by atoms with Crippen molar-refractivity contribution < 1.29 is 18.0 Å². The van der Waals surface area contributed by atoms with Gasteiger partial charge in [-0.2, -0.15) is 0 Å². The van der Waals surface area contributed by atoms with Crippen LogP contribution >= 0.6 is 0 Å². The topological polar surface area (TPSA) is 20.3 Å². The van der Waals surface area contributed by atoms with Gasteiger partial charge in [0.1, 0.15) is 0 Å². The molecule has 1 aliphatic rings. The van der Waals surface area contributed by atoms with E-state index in [0.29, 0.717) is 12.8 Å². The zero-order valence-electron chi connectivity index (χ0n) is 10.0. The Bertz CT molecular complexity index is 471. The van der Waals surface area contributed by atoms with E-state index in [-0.39, 0.29) is 18.0 Å². The summed E-state index contributed by atoms with van der Waals surface area (Å²) in [4.78, 5) is 13.4. The molecule has 0 aliphatic heterocycles. The van der Waals surface area contributed by atoms with Crippen LogP contribution in [0, 0.1) is 17.0 Å². The van der Waals surface area contributed by atoms with Gasteiger partial charge in [-0.15, -0.1) is 0 Å². The highest BCUT2D eigenvalue weighted by atomic mass is 19.2. The van der Waals surface area contributed by atoms with Gasteiger partial charge in [0.15, 0.2) is 11.6 Å². The first-order chi connectivity index (χ1) is 8.50. The van der Waals surface area contributed by atoms with Crippen molar-refractivity contribution in [2.75, 3.05) is 18.6 Å². The Hall–Kier alpha value is -1.52. The summed E-state index contributed by atoms with van der Waals surface area (Å²) in [6.45, 7) is -0.544. The molecule has 18 heavy (non-hydrogen) atoms. The quantitative estimate of drug-likeness (QED) is 0.811. The Balaban J connectivity index is 2.18. The van der Waals surface area contributed by atoms with Crippen molar-refractivity contribution in [2.24, 2.45) is 5.41 Å². The number of carbonyl (C=O) groups excluding carboxylic acids is 1. The number of alkyl halides is 1. The Morgan fingerprint density at radius 3 is 2.50 bits per heavy atom. The third-order valence-electron chi connectivity index (χ3n) is 3.48. The van der Waals surface area contributed by atoms with E-state index in [0.717, 1.165) is 12.1 Å².